The first-order chi connectivity index (χ1) is 23.1. The lowest BCUT2D eigenvalue weighted by molar-refractivity contribution is -0.290. The second-order valence-corrected chi connectivity index (χ2v) is 11.7. The van der Waals surface area contributed by atoms with Gasteiger partial charge in [-0.05, 0) is 37.8 Å². The zero-order valence-corrected chi connectivity index (χ0v) is 27.7. The predicted octanol–water partition coefficient (Wildman–Crippen LogP) is 12.9. The number of benzene rings is 2. The maximum atomic E-state index is 13.9. The van der Waals surface area contributed by atoms with Crippen LogP contribution in [-0.4, -0.2) is 19.3 Å². The molecule has 0 radical (unpaired) electrons. The van der Waals surface area contributed by atoms with E-state index in [1.54, 1.807) is 0 Å². The van der Waals surface area contributed by atoms with E-state index in [-0.39, 0.29) is 0 Å². The quantitative estimate of drug-likeness (QED) is 0.0779. The molecular weight excluding hydrogens is 714 g/mol. The summed E-state index contributed by atoms with van der Waals surface area (Å²) in [6.07, 6.45) is 0.159. The molecule has 0 aliphatic rings. The summed E-state index contributed by atoms with van der Waals surface area (Å²) in [7, 11) is 0. The van der Waals surface area contributed by atoms with Crippen LogP contribution < -0.4 is 5.32 Å². The van der Waals surface area contributed by atoms with Gasteiger partial charge in [0.05, 0.1) is 11.1 Å². The van der Waals surface area contributed by atoms with Gasteiger partial charge in [-0.15, -0.1) is 0 Å². The molecule has 0 spiro atoms. The molecule has 2 aromatic rings. The molecular formula is C33H39F16N. The van der Waals surface area contributed by atoms with Crippen LogP contribution in [-0.2, 0) is 12.1 Å². The molecule has 0 saturated carbocycles. The second kappa shape index (κ2) is 19.2. The highest BCUT2D eigenvalue weighted by atomic mass is 19.4. The van der Waals surface area contributed by atoms with Crippen LogP contribution in [0, 0.1) is 58.4 Å². The van der Waals surface area contributed by atoms with Crippen molar-refractivity contribution in [1.82, 2.24) is 5.32 Å². The SMILES string of the molecule is CCCCC(CC)CCNCCC(CC)CCCC.Fc1c(F)c(F)c(-c2c(C(F)(F)F)c(F)c(F)c(F)c2C(F)(F)C(F)(F)F)c(F)c1F. The summed E-state index contributed by atoms with van der Waals surface area (Å²) in [6.45, 7) is 11.7. The number of halogens is 16. The minimum Gasteiger partial charge on any atom is -0.317 e. The van der Waals surface area contributed by atoms with E-state index in [0.29, 0.717) is 0 Å². The first kappa shape index (κ1) is 45.3. The molecule has 2 aromatic carbocycles. The second-order valence-electron chi connectivity index (χ2n) is 11.7. The Kier molecular flexibility index (Phi) is 17.4. The topological polar surface area (TPSA) is 12.0 Å². The lowest BCUT2D eigenvalue weighted by Gasteiger charge is -2.26. The van der Waals surface area contributed by atoms with Crippen molar-refractivity contribution in [3.8, 4) is 11.1 Å². The van der Waals surface area contributed by atoms with Crippen molar-refractivity contribution >= 4 is 0 Å². The summed E-state index contributed by atoms with van der Waals surface area (Å²) in [4.78, 5) is 0. The Morgan fingerprint density at radius 2 is 0.820 bits per heavy atom. The number of unbranched alkanes of at least 4 members (excludes halogenated alkanes) is 2. The monoisotopic (exact) mass is 753 g/mol. The van der Waals surface area contributed by atoms with Gasteiger partial charge < -0.3 is 5.32 Å². The molecule has 0 heterocycles. The van der Waals surface area contributed by atoms with Crippen LogP contribution in [0.5, 0.6) is 0 Å². The maximum absolute atomic E-state index is 13.9. The van der Waals surface area contributed by atoms with Crippen molar-refractivity contribution in [3.05, 3.63) is 57.7 Å². The number of alkyl halides is 8. The Morgan fingerprint density at radius 1 is 0.460 bits per heavy atom. The van der Waals surface area contributed by atoms with Gasteiger partial charge in [-0.1, -0.05) is 79.1 Å². The highest BCUT2D eigenvalue weighted by Crippen LogP contribution is 2.53. The fraction of sp³-hybridized carbons (Fsp3) is 0.636. The summed E-state index contributed by atoms with van der Waals surface area (Å²) in [6, 6.07) is 0. The smallest absolute Gasteiger partial charge is 0.317 e. The number of hydrogen-bond donors (Lipinski definition) is 1. The molecule has 0 fully saturated rings. The Bertz CT molecular complexity index is 1340. The van der Waals surface area contributed by atoms with Gasteiger partial charge in [0, 0.05) is 5.56 Å². The molecule has 2 atom stereocenters. The molecule has 0 aliphatic carbocycles. The van der Waals surface area contributed by atoms with Gasteiger partial charge in [0.25, 0.3) is 0 Å². The van der Waals surface area contributed by atoms with Crippen molar-refractivity contribution in [2.24, 2.45) is 11.8 Å². The van der Waals surface area contributed by atoms with Crippen LogP contribution in [0.4, 0.5) is 70.2 Å². The van der Waals surface area contributed by atoms with Gasteiger partial charge in [0.2, 0.25) is 5.82 Å². The van der Waals surface area contributed by atoms with Crippen LogP contribution in [0.2, 0.25) is 0 Å². The molecule has 2 rings (SSSR count). The van der Waals surface area contributed by atoms with E-state index in [2.05, 4.69) is 33.0 Å². The van der Waals surface area contributed by atoms with Crippen LogP contribution in [0.25, 0.3) is 11.1 Å². The highest BCUT2D eigenvalue weighted by molar-refractivity contribution is 5.75. The van der Waals surface area contributed by atoms with Crippen LogP contribution >= 0.6 is 0 Å². The lowest BCUT2D eigenvalue weighted by Crippen LogP contribution is -2.36. The average molecular weight is 754 g/mol. The summed E-state index contributed by atoms with van der Waals surface area (Å²) in [5.74, 6) is -32.2. The lowest BCUT2D eigenvalue weighted by atomic mass is 9.88. The van der Waals surface area contributed by atoms with E-state index in [9.17, 15) is 70.2 Å². The standard InChI is InChI=1S/C18H39N.C15F16/c1-5-9-11-17(7-3)13-15-19-16-14-18(8-4)12-10-6-2;16-5-2(6(17)10(21)12(23)9(5)20)1-3(13(24,25)15(29,30)31)7(18)11(22)8(19)4(1)14(26,27)28/h17-19H,5-16H2,1-4H3;. The van der Waals surface area contributed by atoms with Crippen LogP contribution in [0.3, 0.4) is 0 Å². The van der Waals surface area contributed by atoms with Crippen molar-refractivity contribution in [2.45, 2.75) is 110 Å². The Hall–Kier alpha value is -2.72. The average Bonchev–Trinajstić information content (AvgIpc) is 3.03. The largest absolute Gasteiger partial charge is 0.458 e. The van der Waals surface area contributed by atoms with Gasteiger partial charge in [0.1, 0.15) is 5.56 Å². The summed E-state index contributed by atoms with van der Waals surface area (Å²) in [5.41, 5.74) is -14.2. The molecule has 1 nitrogen and oxygen atoms in total. The van der Waals surface area contributed by atoms with Gasteiger partial charge in [-0.25, -0.2) is 35.1 Å². The van der Waals surface area contributed by atoms with Crippen LogP contribution in [0.1, 0.15) is 103 Å². The molecule has 2 unspecified atom stereocenters. The zero-order chi connectivity index (χ0) is 38.8. The molecule has 288 valence electrons. The third-order valence-corrected chi connectivity index (χ3v) is 8.28. The van der Waals surface area contributed by atoms with E-state index in [1.807, 2.05) is 0 Å². The molecule has 1 N–H and O–H groups in total. The van der Waals surface area contributed by atoms with Crippen molar-refractivity contribution in [2.75, 3.05) is 13.1 Å². The molecule has 0 amide bonds. The predicted molar refractivity (Wildman–Crippen MR) is 155 cm³/mol. The fourth-order valence-electron chi connectivity index (χ4n) is 5.27. The third kappa shape index (κ3) is 10.9. The minimum atomic E-state index is -7.10. The third-order valence-electron chi connectivity index (χ3n) is 8.28. The molecule has 0 bridgehead atoms. The number of hydrogen-bond acceptors (Lipinski definition) is 1. The summed E-state index contributed by atoms with van der Waals surface area (Å²) < 4.78 is 214. The van der Waals surface area contributed by atoms with Gasteiger partial charge >= 0.3 is 18.3 Å². The van der Waals surface area contributed by atoms with Gasteiger partial charge in [0.15, 0.2) is 40.7 Å². The Morgan fingerprint density at radius 3 is 1.16 bits per heavy atom. The van der Waals surface area contributed by atoms with E-state index in [1.165, 1.54) is 77.3 Å². The van der Waals surface area contributed by atoms with Crippen molar-refractivity contribution < 1.29 is 70.2 Å². The Balaban J connectivity index is 0.000000566. The Labute approximate surface area is 279 Å². The first-order valence-corrected chi connectivity index (χ1v) is 16.0. The highest BCUT2D eigenvalue weighted by Gasteiger charge is 2.63. The summed E-state index contributed by atoms with van der Waals surface area (Å²) in [5, 5.41) is 3.67. The van der Waals surface area contributed by atoms with E-state index < -0.39 is 87.1 Å². The minimum absolute atomic E-state index is 0.953. The van der Waals surface area contributed by atoms with E-state index in [4.69, 9.17) is 0 Å². The van der Waals surface area contributed by atoms with E-state index in [0.717, 1.165) is 11.8 Å². The molecule has 17 heteroatoms. The van der Waals surface area contributed by atoms with Gasteiger partial charge in [-0.3, -0.25) is 0 Å². The number of rotatable bonds is 16. The van der Waals surface area contributed by atoms with E-state index >= 15 is 0 Å². The molecule has 0 aromatic heterocycles. The number of nitrogens with one attached hydrogen (secondary N) is 1. The molecule has 0 aliphatic heterocycles. The van der Waals surface area contributed by atoms with Gasteiger partial charge in [-0.2, -0.15) is 35.1 Å². The summed E-state index contributed by atoms with van der Waals surface area (Å²) >= 11 is 0. The zero-order valence-electron chi connectivity index (χ0n) is 27.7. The fourth-order valence-corrected chi connectivity index (χ4v) is 5.27. The maximum Gasteiger partial charge on any atom is 0.458 e. The normalized spacial score (nSPS) is 13.7. The molecule has 0 saturated heterocycles. The first-order valence-electron chi connectivity index (χ1n) is 16.0. The van der Waals surface area contributed by atoms with Crippen LogP contribution in [0.15, 0.2) is 0 Å². The van der Waals surface area contributed by atoms with Crippen molar-refractivity contribution in [1.29, 1.82) is 0 Å². The van der Waals surface area contributed by atoms with Crippen molar-refractivity contribution in [3.63, 3.8) is 0 Å². The molecule has 50 heavy (non-hydrogen) atoms.